The van der Waals surface area contributed by atoms with Crippen molar-refractivity contribution >= 4 is 17.9 Å². The summed E-state index contributed by atoms with van der Waals surface area (Å²) in [6.07, 6.45) is -0.367. The fourth-order valence-electron chi connectivity index (χ4n) is 2.89. The average Bonchev–Trinajstić information content (AvgIpc) is 2.74. The summed E-state index contributed by atoms with van der Waals surface area (Å²) in [5.74, 6) is -1.07. The summed E-state index contributed by atoms with van der Waals surface area (Å²) in [6.45, 7) is 7.04. The lowest BCUT2D eigenvalue weighted by Gasteiger charge is -2.47. The van der Waals surface area contributed by atoms with Gasteiger partial charge in [-0.15, -0.1) is 5.06 Å². The first-order valence-corrected chi connectivity index (χ1v) is 6.87. The highest BCUT2D eigenvalue weighted by Gasteiger charge is 2.47. The van der Waals surface area contributed by atoms with E-state index in [0.29, 0.717) is 11.5 Å². The van der Waals surface area contributed by atoms with Gasteiger partial charge >= 0.3 is 6.09 Å². The van der Waals surface area contributed by atoms with Crippen LogP contribution in [0.5, 0.6) is 0 Å². The fraction of sp³-hybridized carbons (Fsp3) is 0.769. The summed E-state index contributed by atoms with van der Waals surface area (Å²) in [7, 11) is 0. The van der Waals surface area contributed by atoms with Crippen molar-refractivity contribution in [3.8, 4) is 0 Å². The van der Waals surface area contributed by atoms with Crippen molar-refractivity contribution in [3.63, 3.8) is 0 Å². The molecule has 0 aliphatic carbocycles. The van der Waals surface area contributed by atoms with E-state index in [9.17, 15) is 19.6 Å². The van der Waals surface area contributed by atoms with Crippen LogP contribution in [0.1, 0.15) is 47.0 Å². The molecular weight excluding hydrogens is 278 g/mol. The number of rotatable bonds is 2. The monoisotopic (exact) mass is 298 g/mol. The molecule has 0 saturated carbocycles. The molecule has 2 aliphatic rings. The normalized spacial score (nSPS) is 28.0. The second-order valence-corrected chi connectivity index (χ2v) is 6.62. The van der Waals surface area contributed by atoms with Crippen LogP contribution >= 0.6 is 0 Å². The molecule has 0 bridgehead atoms. The second kappa shape index (κ2) is 4.96. The lowest BCUT2D eigenvalue weighted by molar-refractivity contribution is -0.171. The Morgan fingerprint density at radius 1 is 1.24 bits per heavy atom. The number of hydrogen-bond acceptors (Lipinski definition) is 6. The summed E-state index contributed by atoms with van der Waals surface area (Å²) >= 11 is 0. The maximum absolute atomic E-state index is 12.2. The molecule has 1 unspecified atom stereocenters. The Morgan fingerprint density at radius 3 is 2.19 bits per heavy atom. The molecule has 3 amide bonds. The van der Waals surface area contributed by atoms with Gasteiger partial charge in [-0.25, -0.2) is 4.79 Å². The van der Waals surface area contributed by atoms with E-state index in [2.05, 4.69) is 5.32 Å². The number of hydroxylamine groups is 4. The molecule has 2 saturated heterocycles. The fourth-order valence-corrected chi connectivity index (χ4v) is 2.89. The largest absolute Gasteiger partial charge is 0.784 e. The summed E-state index contributed by atoms with van der Waals surface area (Å²) < 4.78 is 0. The van der Waals surface area contributed by atoms with E-state index >= 15 is 0 Å². The second-order valence-electron chi connectivity index (χ2n) is 6.62. The lowest BCUT2D eigenvalue weighted by atomic mass is 9.94. The first kappa shape index (κ1) is 15.7. The van der Waals surface area contributed by atoms with Crippen molar-refractivity contribution in [3.05, 3.63) is 5.21 Å². The smallest absolute Gasteiger partial charge is 0.432 e. The van der Waals surface area contributed by atoms with E-state index in [-0.39, 0.29) is 12.8 Å². The number of amides is 3. The van der Waals surface area contributed by atoms with Gasteiger partial charge in [0.05, 0.1) is 6.04 Å². The highest BCUT2D eigenvalue weighted by molar-refractivity contribution is 6.01. The molecule has 0 spiro atoms. The third-order valence-electron chi connectivity index (χ3n) is 4.10. The molecule has 2 fully saturated rings. The van der Waals surface area contributed by atoms with Gasteiger partial charge in [-0.2, -0.15) is 0 Å². The maximum Gasteiger partial charge on any atom is 0.432 e. The molecule has 2 heterocycles. The first-order valence-electron chi connectivity index (χ1n) is 6.87. The Bertz CT molecular complexity index is 472. The molecule has 21 heavy (non-hydrogen) atoms. The van der Waals surface area contributed by atoms with E-state index in [4.69, 9.17) is 4.84 Å². The Hall–Kier alpha value is -1.67. The molecule has 1 N–H and O–H groups in total. The molecule has 8 heteroatoms. The van der Waals surface area contributed by atoms with Crippen LogP contribution in [0.25, 0.3) is 0 Å². The maximum atomic E-state index is 12.2. The van der Waals surface area contributed by atoms with Crippen molar-refractivity contribution < 1.29 is 19.2 Å². The molecule has 1 atom stereocenters. The third kappa shape index (κ3) is 2.73. The topological polar surface area (TPSA) is 102 Å². The predicted octanol–water partition coefficient (Wildman–Crippen LogP) is 0.906. The van der Waals surface area contributed by atoms with E-state index in [1.165, 1.54) is 0 Å². The Kier molecular flexibility index (Phi) is 3.71. The summed E-state index contributed by atoms with van der Waals surface area (Å²) in [4.78, 5) is 39.4. The summed E-state index contributed by atoms with van der Waals surface area (Å²) in [5, 5.41) is 16.2. The molecular formula is C13H20N3O5-. The highest BCUT2D eigenvalue weighted by atomic mass is 16.7. The number of nitrogens with one attached hydrogen (secondary N) is 1. The molecule has 2 rings (SSSR count). The highest BCUT2D eigenvalue weighted by Crippen LogP contribution is 2.39. The Labute approximate surface area is 122 Å². The van der Waals surface area contributed by atoms with Crippen molar-refractivity contribution in [2.75, 3.05) is 0 Å². The lowest BCUT2D eigenvalue weighted by Crippen LogP contribution is -2.53. The molecule has 8 nitrogen and oxygen atoms in total. The van der Waals surface area contributed by atoms with E-state index < -0.39 is 35.0 Å². The first-order chi connectivity index (χ1) is 9.55. The van der Waals surface area contributed by atoms with Crippen molar-refractivity contribution in [2.24, 2.45) is 0 Å². The minimum absolute atomic E-state index is 0.0441. The van der Waals surface area contributed by atoms with Gasteiger partial charge in [0.25, 0.3) is 11.8 Å². The van der Waals surface area contributed by atoms with Crippen LogP contribution in [0.15, 0.2) is 0 Å². The number of carbonyl (C=O) groups excluding carboxylic acids is 3. The SMILES string of the molecule is CC1(C)CC(NC(=O)ON2C(=O)CCC2=O)C(C)(C)N1[O-]. The van der Waals surface area contributed by atoms with Crippen LogP contribution in [0, 0.1) is 5.21 Å². The standard InChI is InChI=1S/C13H20N3O5/c1-12(2)7-8(13(3,4)16(12)20)14-11(19)21-15-9(17)5-6-10(15)18/h8H,5-7H2,1-4H3,(H,14,19)/q-1. The van der Waals surface area contributed by atoms with Gasteiger partial charge in [-0.05, 0) is 34.1 Å². The van der Waals surface area contributed by atoms with Gasteiger partial charge in [-0.1, -0.05) is 0 Å². The number of carbonyl (C=O) groups is 3. The van der Waals surface area contributed by atoms with Gasteiger partial charge in [-0.3, -0.25) is 9.59 Å². The van der Waals surface area contributed by atoms with Crippen LogP contribution in [0.3, 0.4) is 0 Å². The average molecular weight is 298 g/mol. The van der Waals surface area contributed by atoms with Crippen molar-refractivity contribution in [1.29, 1.82) is 0 Å². The van der Waals surface area contributed by atoms with Crippen LogP contribution in [0.4, 0.5) is 4.79 Å². The zero-order chi connectivity index (χ0) is 16.0. The van der Waals surface area contributed by atoms with Crippen LogP contribution in [-0.2, 0) is 14.4 Å². The van der Waals surface area contributed by atoms with Gasteiger partial charge in [0.1, 0.15) is 0 Å². The van der Waals surface area contributed by atoms with E-state index in [1.807, 2.05) is 0 Å². The molecule has 0 aromatic rings. The van der Waals surface area contributed by atoms with Gasteiger partial charge < -0.3 is 20.4 Å². The molecule has 2 aliphatic heterocycles. The number of imide groups is 1. The van der Waals surface area contributed by atoms with Gasteiger partial charge in [0.15, 0.2) is 0 Å². The molecule has 0 aromatic heterocycles. The third-order valence-corrected chi connectivity index (χ3v) is 4.10. The van der Waals surface area contributed by atoms with Crippen LogP contribution < -0.4 is 5.32 Å². The van der Waals surface area contributed by atoms with Crippen LogP contribution in [0.2, 0.25) is 0 Å². The summed E-state index contributed by atoms with van der Waals surface area (Å²) in [5.41, 5.74) is -1.41. The Balaban J connectivity index is 2.00. The minimum Gasteiger partial charge on any atom is -0.784 e. The predicted molar refractivity (Wildman–Crippen MR) is 72.5 cm³/mol. The van der Waals surface area contributed by atoms with Gasteiger partial charge in [0, 0.05) is 23.9 Å². The van der Waals surface area contributed by atoms with E-state index in [1.54, 1.807) is 27.7 Å². The molecule has 118 valence electrons. The quantitative estimate of drug-likeness (QED) is 0.760. The van der Waals surface area contributed by atoms with Crippen LogP contribution in [-0.4, -0.2) is 45.2 Å². The molecule has 0 radical (unpaired) electrons. The minimum atomic E-state index is -0.900. The van der Waals surface area contributed by atoms with Crippen molar-refractivity contribution in [1.82, 2.24) is 15.4 Å². The number of hydrogen-bond donors (Lipinski definition) is 1. The van der Waals surface area contributed by atoms with Gasteiger partial charge in [0.2, 0.25) is 0 Å². The zero-order valence-corrected chi connectivity index (χ0v) is 12.6. The Morgan fingerprint density at radius 2 is 1.76 bits per heavy atom. The van der Waals surface area contributed by atoms with Crippen molar-refractivity contribution in [2.45, 2.75) is 64.1 Å². The summed E-state index contributed by atoms with van der Waals surface area (Å²) in [6, 6.07) is -0.440. The number of nitrogens with zero attached hydrogens (tertiary/aromatic N) is 2. The van der Waals surface area contributed by atoms with E-state index in [0.717, 1.165) is 5.06 Å². The molecule has 0 aromatic carbocycles. The zero-order valence-electron chi connectivity index (χ0n) is 12.6.